The summed E-state index contributed by atoms with van der Waals surface area (Å²) in [6.07, 6.45) is 3.04. The average Bonchev–Trinajstić information content (AvgIpc) is 2.97. The fourth-order valence-electron chi connectivity index (χ4n) is 5.32. The Morgan fingerprint density at radius 3 is 1.42 bits per heavy atom. The lowest BCUT2D eigenvalue weighted by atomic mass is 9.86. The lowest BCUT2D eigenvalue weighted by Gasteiger charge is -2.20. The number of nitrogens with zero attached hydrogens (tertiary/aromatic N) is 3. The molecule has 0 unspecified atom stereocenters. The summed E-state index contributed by atoms with van der Waals surface area (Å²) in [7, 11) is 0.968. The molecular formula is C38H62Cl2N4O6S2. The zero-order valence-electron chi connectivity index (χ0n) is 33.2. The number of sulfonamides is 1. The molecule has 0 fully saturated rings. The molecule has 296 valence electrons. The Bertz CT molecular complexity index is 1630. The minimum absolute atomic E-state index is 0.0472. The molecule has 0 heterocycles. The predicted octanol–water partition coefficient (Wildman–Crippen LogP) is 7.74. The molecule has 10 nitrogen and oxygen atoms in total. The van der Waals surface area contributed by atoms with Crippen LogP contribution in [0.5, 0.6) is 5.75 Å². The number of Topliss-reactive ketones (excluding diaryl/α,β-unsaturated/α-hetero) is 1. The van der Waals surface area contributed by atoms with Crippen LogP contribution in [0.2, 0.25) is 10.0 Å². The standard InChI is InChI=1S/C20H32ClNO3S.C13H16ClNO.C5H14N2O2S/c1-14(2)18-10-16(21)11-19(15(3)4)20(18)12-17(23)13-26(24,25)9-7-8-22(5)6;1-8(2)11-5-10(14)6-12(9(3)4)13(11)16-7-15;1-7(2)4-3-5-10(6,8)9/h10-11,14-15H,7-9,12-13H2,1-6H3;5-6,8-9H,1-4H3;3-5H2,1-2H3,(H2,6,8,9). The molecule has 0 aliphatic carbocycles. The number of benzene rings is 2. The summed E-state index contributed by atoms with van der Waals surface area (Å²) in [4.78, 5) is 16.4. The Morgan fingerprint density at radius 2 is 1.10 bits per heavy atom. The van der Waals surface area contributed by atoms with Crippen LogP contribution in [0.1, 0.15) is 120 Å². The van der Waals surface area contributed by atoms with Crippen LogP contribution in [0.25, 0.3) is 0 Å². The Morgan fingerprint density at radius 1 is 0.731 bits per heavy atom. The second kappa shape index (κ2) is 23.5. The minimum atomic E-state index is -3.37. The van der Waals surface area contributed by atoms with Crippen LogP contribution in [0.3, 0.4) is 0 Å². The number of hydrogen-bond acceptors (Lipinski definition) is 9. The third-order valence-corrected chi connectivity index (χ3v) is 10.8. The number of carbonyl (C=O) groups is 1. The third kappa shape index (κ3) is 20.3. The maximum atomic E-state index is 12.5. The number of nitrogens with two attached hydrogens (primary N) is 1. The van der Waals surface area contributed by atoms with E-state index in [-0.39, 0.29) is 47.4 Å². The molecule has 0 saturated carbocycles. The summed E-state index contributed by atoms with van der Waals surface area (Å²) < 4.78 is 50.3. The largest absolute Gasteiger partial charge is 0.387 e. The van der Waals surface area contributed by atoms with E-state index in [9.17, 15) is 21.6 Å². The first kappa shape index (κ1) is 49.8. The number of ketones is 1. The SMILES string of the molecule is CC(C)c1cc(Cl)cc(C(C)C)c1CC(=O)CS(=O)(=O)CCCN(C)C.CC(C)c1cc(Cl)cc(C(C)C)c1OC#N.CN(C)CCCS(N)(=O)=O. The first-order valence-electron chi connectivity index (χ1n) is 17.5. The van der Waals surface area contributed by atoms with Crippen molar-refractivity contribution in [2.75, 3.05) is 58.5 Å². The zero-order valence-corrected chi connectivity index (χ0v) is 36.4. The van der Waals surface area contributed by atoms with Gasteiger partial charge in [0.25, 0.3) is 6.26 Å². The second-order valence-electron chi connectivity index (χ2n) is 14.8. The number of primary sulfonamides is 1. The second-order valence-corrected chi connectivity index (χ2v) is 19.6. The highest BCUT2D eigenvalue weighted by atomic mass is 35.5. The maximum Gasteiger partial charge on any atom is 0.292 e. The maximum absolute atomic E-state index is 12.5. The van der Waals surface area contributed by atoms with Crippen LogP contribution in [0, 0.1) is 11.5 Å². The summed E-state index contributed by atoms with van der Waals surface area (Å²) in [5.41, 5.74) is 4.96. The molecule has 2 rings (SSSR count). The minimum Gasteiger partial charge on any atom is -0.387 e. The van der Waals surface area contributed by atoms with Gasteiger partial charge in [0.05, 0.1) is 11.5 Å². The third-order valence-electron chi connectivity index (χ3n) is 7.88. The predicted molar refractivity (Wildman–Crippen MR) is 217 cm³/mol. The average molecular weight is 806 g/mol. The van der Waals surface area contributed by atoms with E-state index in [1.807, 2.05) is 62.3 Å². The van der Waals surface area contributed by atoms with Gasteiger partial charge < -0.3 is 14.5 Å². The molecule has 0 aromatic heterocycles. The first-order chi connectivity index (χ1) is 23.8. The van der Waals surface area contributed by atoms with Crippen molar-refractivity contribution < 1.29 is 26.4 Å². The van der Waals surface area contributed by atoms with Gasteiger partial charge in [0.1, 0.15) is 11.5 Å². The molecule has 0 amide bonds. The van der Waals surface area contributed by atoms with E-state index in [4.69, 9.17) is 38.3 Å². The molecule has 2 aromatic rings. The summed E-state index contributed by atoms with van der Waals surface area (Å²) in [6.45, 7) is 17.9. The molecular weight excluding hydrogens is 743 g/mol. The van der Waals surface area contributed by atoms with Crippen molar-refractivity contribution in [2.45, 2.75) is 98.3 Å². The van der Waals surface area contributed by atoms with Crippen molar-refractivity contribution >= 4 is 48.8 Å². The van der Waals surface area contributed by atoms with Gasteiger partial charge in [-0.1, -0.05) is 78.6 Å². The smallest absolute Gasteiger partial charge is 0.292 e. The molecule has 0 atom stereocenters. The van der Waals surface area contributed by atoms with Gasteiger partial charge in [0.15, 0.2) is 15.6 Å². The number of sulfone groups is 1. The number of rotatable bonds is 17. The lowest BCUT2D eigenvalue weighted by Crippen LogP contribution is -2.24. The molecule has 0 saturated heterocycles. The van der Waals surface area contributed by atoms with Gasteiger partial charge in [-0.05, 0) is 119 Å². The molecule has 0 aliphatic rings. The fourth-order valence-corrected chi connectivity index (χ4v) is 7.63. The number of hydrogen-bond donors (Lipinski definition) is 1. The van der Waals surface area contributed by atoms with Gasteiger partial charge in [0.2, 0.25) is 10.0 Å². The topological polar surface area (TPSA) is 151 Å². The van der Waals surface area contributed by atoms with Crippen molar-refractivity contribution in [3.63, 3.8) is 0 Å². The molecule has 2 aromatic carbocycles. The fraction of sp³-hybridized carbons (Fsp3) is 0.632. The van der Waals surface area contributed by atoms with E-state index in [0.717, 1.165) is 34.4 Å². The molecule has 0 radical (unpaired) electrons. The Balaban J connectivity index is 0.000000846. The highest BCUT2D eigenvalue weighted by Crippen LogP contribution is 2.37. The molecule has 0 bridgehead atoms. The highest BCUT2D eigenvalue weighted by molar-refractivity contribution is 7.92. The summed E-state index contributed by atoms with van der Waals surface area (Å²) in [5.74, 6) is 1.13. The van der Waals surface area contributed by atoms with Crippen molar-refractivity contribution in [1.29, 1.82) is 5.26 Å². The molecule has 52 heavy (non-hydrogen) atoms. The van der Waals surface area contributed by atoms with Crippen molar-refractivity contribution in [3.8, 4) is 12.0 Å². The number of nitriles is 1. The molecule has 14 heteroatoms. The quantitative estimate of drug-likeness (QED) is 0.158. The van der Waals surface area contributed by atoms with Gasteiger partial charge in [-0.15, -0.1) is 5.26 Å². The van der Waals surface area contributed by atoms with Gasteiger partial charge in [-0.2, -0.15) is 0 Å². The normalized spacial score (nSPS) is 11.8. The highest BCUT2D eigenvalue weighted by Gasteiger charge is 2.22. The van der Waals surface area contributed by atoms with Crippen molar-refractivity contribution in [2.24, 2.45) is 5.14 Å². The number of halogens is 2. The summed E-state index contributed by atoms with van der Waals surface area (Å²) in [5, 5.41) is 14.8. The number of ether oxygens (including phenoxy) is 1. The van der Waals surface area contributed by atoms with Gasteiger partial charge in [0, 0.05) is 27.6 Å². The van der Waals surface area contributed by atoms with E-state index < -0.39 is 25.6 Å². The van der Waals surface area contributed by atoms with Gasteiger partial charge >= 0.3 is 0 Å². The summed E-state index contributed by atoms with van der Waals surface area (Å²) >= 11 is 12.3. The first-order valence-corrected chi connectivity index (χ1v) is 21.8. The van der Waals surface area contributed by atoms with Crippen LogP contribution < -0.4 is 9.88 Å². The number of carbonyl (C=O) groups excluding carboxylic acids is 1. The molecule has 0 aliphatic heterocycles. The van der Waals surface area contributed by atoms with Crippen LogP contribution >= 0.6 is 23.2 Å². The Labute approximate surface area is 325 Å². The van der Waals surface area contributed by atoms with Gasteiger partial charge in [-0.25, -0.2) is 22.0 Å². The Kier molecular flexibility index (Phi) is 22.5. The van der Waals surface area contributed by atoms with E-state index >= 15 is 0 Å². The van der Waals surface area contributed by atoms with E-state index in [2.05, 4.69) is 55.4 Å². The molecule has 0 spiro atoms. The van der Waals surface area contributed by atoms with E-state index in [1.54, 1.807) is 6.26 Å². The lowest BCUT2D eigenvalue weighted by molar-refractivity contribution is -0.116. The van der Waals surface area contributed by atoms with Crippen LogP contribution in [0.4, 0.5) is 0 Å². The monoisotopic (exact) mass is 804 g/mol. The van der Waals surface area contributed by atoms with E-state index in [0.29, 0.717) is 35.2 Å². The Hall–Kier alpha value is -2.24. The van der Waals surface area contributed by atoms with Crippen molar-refractivity contribution in [3.05, 3.63) is 62.1 Å². The van der Waals surface area contributed by atoms with E-state index in [1.165, 1.54) is 0 Å². The van der Waals surface area contributed by atoms with Crippen LogP contribution in [-0.4, -0.2) is 91.0 Å². The van der Waals surface area contributed by atoms with Gasteiger partial charge in [-0.3, -0.25) is 4.79 Å². The zero-order chi connectivity index (χ0) is 40.6. The van der Waals surface area contributed by atoms with Crippen LogP contribution in [-0.2, 0) is 31.1 Å². The summed E-state index contributed by atoms with van der Waals surface area (Å²) in [6, 6.07) is 7.52. The van der Waals surface area contributed by atoms with Crippen molar-refractivity contribution in [1.82, 2.24) is 9.80 Å². The van der Waals surface area contributed by atoms with Crippen LogP contribution in [0.15, 0.2) is 24.3 Å². The molecule has 2 N–H and O–H groups in total.